The minimum atomic E-state index is -4.94. The summed E-state index contributed by atoms with van der Waals surface area (Å²) >= 11 is 0. The van der Waals surface area contributed by atoms with E-state index in [1.54, 1.807) is 98.1 Å². The molecule has 0 saturated carbocycles. The van der Waals surface area contributed by atoms with Crippen LogP contribution < -0.4 is 37.3 Å². The van der Waals surface area contributed by atoms with Gasteiger partial charge in [-0.2, -0.15) is 0 Å². The molecule has 56 heavy (non-hydrogen) atoms. The minimum Gasteiger partial charge on any atom is -0.478 e. The van der Waals surface area contributed by atoms with Crippen molar-refractivity contribution < 1.29 is 142 Å². The molecule has 20 nitrogen and oxygen atoms in total. The summed E-state index contributed by atoms with van der Waals surface area (Å²) in [5.74, 6) is -3.80. The smallest absolute Gasteiger partial charge is 0.478 e. The molecule has 0 saturated heterocycles. The van der Waals surface area contributed by atoms with Gasteiger partial charge in [0, 0.05) is 73.9 Å². The average molecular weight is 1010 g/mol. The fraction of sp³-hybridized carbons (Fsp3) is 0. The van der Waals surface area contributed by atoms with E-state index in [1.165, 1.54) is 24.3 Å². The normalized spacial score (nSPS) is 10.1. The van der Waals surface area contributed by atoms with Gasteiger partial charge in [-0.25, -0.2) is 56.5 Å². The van der Waals surface area contributed by atoms with Crippen LogP contribution in [-0.2, 0) is 63.9 Å². The maximum Gasteiger partial charge on any atom is 1.00 e. The Balaban J connectivity index is -0.000000295. The van der Waals surface area contributed by atoms with Gasteiger partial charge in [-0.1, -0.05) is 24.3 Å². The van der Waals surface area contributed by atoms with Crippen LogP contribution in [0, 0.1) is 20.5 Å². The van der Waals surface area contributed by atoms with Gasteiger partial charge in [-0.3, -0.25) is 19.9 Å². The minimum absolute atomic E-state index is 0. The van der Waals surface area contributed by atoms with E-state index < -0.39 is 44.4 Å². The van der Waals surface area contributed by atoms with Gasteiger partial charge in [0.15, 0.2) is 0 Å². The first-order valence-electron chi connectivity index (χ1n) is 13.6. The Morgan fingerprint density at radius 2 is 0.571 bits per heavy atom. The van der Waals surface area contributed by atoms with Crippen LogP contribution in [0.2, 0.25) is 0 Å². The molecule has 0 unspecified atom stereocenters. The number of halogens is 2. The third kappa shape index (κ3) is 51.3. The number of hydrogen-bond acceptors (Lipinski definition) is 16. The molecule has 0 bridgehead atoms. The number of nitrogens with zero attached hydrogens (tertiary/aromatic N) is 4. The molecule has 4 rings (SSSR count). The SMILES string of the molecule is O=C(O)/C=C/c1cccnc1.O=C(O)/C=C/c1cccnc1.O=C(O)/C=C/c1cccnc1.O=C(O)/C=C/c1cccnc1.[Ag+].[Ag+].[O-][Cl+3]([O-])([O-])[O-].[O-][Cl+3]([O-])([O-])[O-]. The van der Waals surface area contributed by atoms with Crippen molar-refractivity contribution in [1.29, 1.82) is 0 Å². The Morgan fingerprint density at radius 1 is 0.411 bits per heavy atom. The first kappa shape index (κ1) is 57.9. The van der Waals surface area contributed by atoms with E-state index in [2.05, 4.69) is 19.9 Å². The second-order valence-electron chi connectivity index (χ2n) is 8.59. The van der Waals surface area contributed by atoms with Crippen molar-refractivity contribution >= 4 is 48.2 Å². The molecule has 0 atom stereocenters. The molecule has 0 aromatic carbocycles. The summed E-state index contributed by atoms with van der Waals surface area (Å²) in [6.45, 7) is 0. The molecule has 4 N–H and O–H groups in total. The maximum absolute atomic E-state index is 10.1. The predicted molar refractivity (Wildman–Crippen MR) is 164 cm³/mol. The fourth-order valence-corrected chi connectivity index (χ4v) is 2.57. The summed E-state index contributed by atoms with van der Waals surface area (Å²) in [5.41, 5.74) is 3.15. The summed E-state index contributed by atoms with van der Waals surface area (Å²) in [6.07, 6.45) is 23.2. The number of pyridine rings is 4. The predicted octanol–water partition coefficient (Wildman–Crippen LogP) is -4.80. The van der Waals surface area contributed by atoms with E-state index >= 15 is 0 Å². The van der Waals surface area contributed by atoms with Crippen molar-refractivity contribution in [3.8, 4) is 0 Å². The zero-order valence-electron chi connectivity index (χ0n) is 27.7. The number of hydrogen-bond donors (Lipinski definition) is 4. The number of aromatic nitrogens is 4. The number of carbonyl (C=O) groups is 4. The fourth-order valence-electron chi connectivity index (χ4n) is 2.57. The van der Waals surface area contributed by atoms with Crippen LogP contribution in [-0.4, -0.2) is 64.2 Å². The van der Waals surface area contributed by atoms with Crippen molar-refractivity contribution in [2.75, 3.05) is 0 Å². The quantitative estimate of drug-likeness (QED) is 0.0950. The van der Waals surface area contributed by atoms with E-state index in [0.717, 1.165) is 46.6 Å². The molecule has 0 aliphatic heterocycles. The number of aliphatic carboxylic acids is 4. The molecule has 0 radical (unpaired) electrons. The standard InChI is InChI=1S/4C8H7NO2.2Ag.2ClHO4/c4*10-8(11)4-3-7-2-1-5-9-6-7;;;2*2-1(3,4)5/h4*1-6H,(H,10,11);;;2*(H,2,3,4,5)/q;;;;2*+1;;/p-2/b4*4-3+;;;;. The van der Waals surface area contributed by atoms with Gasteiger partial charge >= 0.3 is 68.6 Å². The van der Waals surface area contributed by atoms with Gasteiger partial charge in [-0.15, -0.1) is 20.5 Å². The zero-order valence-corrected chi connectivity index (χ0v) is 32.2. The van der Waals surface area contributed by atoms with E-state index in [4.69, 9.17) is 57.7 Å². The monoisotopic (exact) mass is 1010 g/mol. The third-order valence-corrected chi connectivity index (χ3v) is 4.41. The van der Waals surface area contributed by atoms with Crippen LogP contribution in [0.5, 0.6) is 0 Å². The van der Waals surface area contributed by atoms with Crippen LogP contribution >= 0.6 is 0 Å². The van der Waals surface area contributed by atoms with Gasteiger partial charge in [-0.05, 0) is 70.8 Å². The van der Waals surface area contributed by atoms with E-state index in [-0.39, 0.29) is 44.8 Å². The van der Waals surface area contributed by atoms with Gasteiger partial charge < -0.3 is 20.4 Å². The second kappa shape index (κ2) is 34.7. The first-order valence-corrected chi connectivity index (χ1v) is 16.1. The molecule has 0 amide bonds. The molecule has 308 valence electrons. The largest absolute Gasteiger partial charge is 1.00 e. The van der Waals surface area contributed by atoms with Gasteiger partial charge in [0.25, 0.3) is 0 Å². The molecule has 24 heteroatoms. The summed E-state index contributed by atoms with van der Waals surface area (Å²) in [5, 5.41) is 33.1. The van der Waals surface area contributed by atoms with Crippen LogP contribution in [0.4, 0.5) is 0 Å². The van der Waals surface area contributed by atoms with Crippen molar-refractivity contribution in [1.82, 2.24) is 19.9 Å². The molecule has 0 aliphatic carbocycles. The maximum atomic E-state index is 10.1. The number of carboxylic acid groups (broad SMARTS) is 4. The van der Waals surface area contributed by atoms with Gasteiger partial charge in [0.05, 0.1) is 0 Å². The Morgan fingerprint density at radius 3 is 0.679 bits per heavy atom. The summed E-state index contributed by atoms with van der Waals surface area (Å²) < 4.78 is 67.9. The summed E-state index contributed by atoms with van der Waals surface area (Å²) in [7, 11) is -9.89. The van der Waals surface area contributed by atoms with Crippen molar-refractivity contribution in [3.05, 3.63) is 145 Å². The Kier molecular flexibility index (Phi) is 35.8. The number of carboxylic acids is 4. The third-order valence-electron chi connectivity index (χ3n) is 4.41. The second-order valence-corrected chi connectivity index (χ2v) is 10.1. The van der Waals surface area contributed by atoms with Gasteiger partial charge in [0.2, 0.25) is 0 Å². The average Bonchev–Trinajstić information content (AvgIpc) is 3.09. The van der Waals surface area contributed by atoms with Crippen LogP contribution in [0.25, 0.3) is 24.3 Å². The zero-order chi connectivity index (χ0) is 41.4. The topological polar surface area (TPSA) is 385 Å². The van der Waals surface area contributed by atoms with Gasteiger partial charge in [0.1, 0.15) is 0 Å². The molecular weight excluding hydrogens is 983 g/mol. The molecule has 0 aliphatic rings. The summed E-state index contributed by atoms with van der Waals surface area (Å²) in [4.78, 5) is 55.5. The summed E-state index contributed by atoms with van der Waals surface area (Å²) in [6, 6.07) is 14.1. The van der Waals surface area contributed by atoms with Crippen molar-refractivity contribution in [2.24, 2.45) is 0 Å². The molecule has 4 heterocycles. The van der Waals surface area contributed by atoms with Crippen molar-refractivity contribution in [3.63, 3.8) is 0 Å². The van der Waals surface area contributed by atoms with E-state index in [9.17, 15) is 19.2 Å². The Labute approximate surface area is 352 Å². The molecule has 4 aromatic heterocycles. The molecule has 4 aromatic rings. The molecule has 0 spiro atoms. The Bertz CT molecular complexity index is 1500. The van der Waals surface area contributed by atoms with Crippen LogP contribution in [0.1, 0.15) is 22.3 Å². The van der Waals surface area contributed by atoms with Crippen molar-refractivity contribution in [2.45, 2.75) is 0 Å². The van der Waals surface area contributed by atoms with E-state index in [0.29, 0.717) is 0 Å². The molecule has 0 fully saturated rings. The first-order chi connectivity index (χ1) is 25.2. The van der Waals surface area contributed by atoms with Crippen LogP contribution in [0.3, 0.4) is 0 Å². The van der Waals surface area contributed by atoms with Crippen LogP contribution in [0.15, 0.2) is 122 Å². The number of rotatable bonds is 8. The molecular formula is C32H28Ag2Cl2N4O16. The van der Waals surface area contributed by atoms with E-state index in [1.807, 2.05) is 0 Å². The Hall–Kier alpha value is -4.82.